The fraction of sp³-hybridized carbons (Fsp3) is 0.125. The molecule has 2 rings (SSSR count). The van der Waals surface area contributed by atoms with Gasteiger partial charge in [0.15, 0.2) is 0 Å². The van der Waals surface area contributed by atoms with Crippen molar-refractivity contribution in [1.29, 1.82) is 0 Å². The summed E-state index contributed by atoms with van der Waals surface area (Å²) in [4.78, 5) is 22.3. The van der Waals surface area contributed by atoms with Gasteiger partial charge in [-0.1, -0.05) is 17.7 Å². The first-order valence-electron chi connectivity index (χ1n) is 6.72. The van der Waals surface area contributed by atoms with Gasteiger partial charge in [0.1, 0.15) is 5.82 Å². The predicted octanol–water partition coefficient (Wildman–Crippen LogP) is 2.51. The van der Waals surface area contributed by atoms with Gasteiger partial charge < -0.3 is 15.7 Å². The van der Waals surface area contributed by atoms with Crippen LogP contribution in [0.4, 0.5) is 10.1 Å². The van der Waals surface area contributed by atoms with Crippen molar-refractivity contribution in [2.45, 2.75) is 6.10 Å². The van der Waals surface area contributed by atoms with Gasteiger partial charge in [0.05, 0.1) is 11.1 Å². The molecule has 1 atom stereocenters. The van der Waals surface area contributed by atoms with E-state index in [0.717, 1.165) is 6.07 Å². The third-order valence-corrected chi connectivity index (χ3v) is 3.46. The molecule has 120 valence electrons. The quantitative estimate of drug-likeness (QED) is 0.709. The van der Waals surface area contributed by atoms with Gasteiger partial charge in [-0.25, -0.2) is 4.39 Å². The molecule has 0 radical (unpaired) electrons. The normalized spacial score (nSPS) is 11.6. The SMILES string of the molecule is O=CNc1ccc(C(=O)NCC(O)c2ccc(Cl)c(F)c2)cc1. The molecule has 0 bridgehead atoms. The molecule has 1 unspecified atom stereocenters. The lowest BCUT2D eigenvalue weighted by Gasteiger charge is -2.13. The second-order valence-electron chi connectivity index (χ2n) is 4.74. The van der Waals surface area contributed by atoms with E-state index in [2.05, 4.69) is 10.6 Å². The van der Waals surface area contributed by atoms with E-state index in [1.807, 2.05) is 0 Å². The number of carbonyl (C=O) groups excluding carboxylic acids is 2. The van der Waals surface area contributed by atoms with E-state index in [9.17, 15) is 19.1 Å². The molecule has 0 aromatic heterocycles. The van der Waals surface area contributed by atoms with Crippen LogP contribution in [0.25, 0.3) is 0 Å². The van der Waals surface area contributed by atoms with Gasteiger partial charge in [-0.2, -0.15) is 0 Å². The number of aliphatic hydroxyl groups excluding tert-OH is 1. The summed E-state index contributed by atoms with van der Waals surface area (Å²) in [7, 11) is 0. The molecule has 0 saturated heterocycles. The Kier molecular flexibility index (Phi) is 5.67. The van der Waals surface area contributed by atoms with Crippen LogP contribution in [0.3, 0.4) is 0 Å². The summed E-state index contributed by atoms with van der Waals surface area (Å²) in [5.41, 5.74) is 1.25. The van der Waals surface area contributed by atoms with Gasteiger partial charge in [-0.05, 0) is 42.0 Å². The fourth-order valence-electron chi connectivity index (χ4n) is 1.91. The van der Waals surface area contributed by atoms with Crippen molar-refractivity contribution in [2.75, 3.05) is 11.9 Å². The molecule has 0 heterocycles. The van der Waals surface area contributed by atoms with Crippen molar-refractivity contribution < 1.29 is 19.1 Å². The van der Waals surface area contributed by atoms with Gasteiger partial charge in [-0.3, -0.25) is 9.59 Å². The first kappa shape index (κ1) is 16.9. The lowest BCUT2D eigenvalue weighted by molar-refractivity contribution is -0.105. The maximum atomic E-state index is 13.3. The van der Waals surface area contributed by atoms with Crippen molar-refractivity contribution in [3.63, 3.8) is 0 Å². The van der Waals surface area contributed by atoms with Crippen LogP contribution in [-0.4, -0.2) is 24.0 Å². The molecule has 0 aliphatic carbocycles. The summed E-state index contributed by atoms with van der Waals surface area (Å²) >= 11 is 5.57. The summed E-state index contributed by atoms with van der Waals surface area (Å²) in [5, 5.41) is 14.9. The standard InChI is InChI=1S/C16H14ClFN2O3/c17-13-6-3-11(7-14(13)18)15(22)8-19-16(23)10-1-4-12(5-2-10)20-9-21/h1-7,9,15,22H,8H2,(H,19,23)(H,20,21). The van der Waals surface area contributed by atoms with E-state index in [-0.39, 0.29) is 11.6 Å². The highest BCUT2D eigenvalue weighted by Gasteiger charge is 2.12. The summed E-state index contributed by atoms with van der Waals surface area (Å²) in [6.07, 6.45) is -0.516. The molecule has 2 aromatic carbocycles. The number of rotatable bonds is 6. The molecule has 0 spiro atoms. The third kappa shape index (κ3) is 4.51. The maximum Gasteiger partial charge on any atom is 0.251 e. The largest absolute Gasteiger partial charge is 0.387 e. The Hall–Kier alpha value is -2.44. The molecule has 5 nitrogen and oxygen atoms in total. The minimum absolute atomic E-state index is 0.0333. The number of nitrogens with one attached hydrogen (secondary N) is 2. The average Bonchev–Trinajstić information content (AvgIpc) is 2.56. The lowest BCUT2D eigenvalue weighted by Crippen LogP contribution is -2.28. The van der Waals surface area contributed by atoms with E-state index in [1.165, 1.54) is 24.3 Å². The Morgan fingerprint density at radius 1 is 1.26 bits per heavy atom. The molecular formula is C16H14ClFN2O3. The van der Waals surface area contributed by atoms with Crippen molar-refractivity contribution in [3.05, 3.63) is 64.4 Å². The molecule has 0 fully saturated rings. The van der Waals surface area contributed by atoms with Crippen molar-refractivity contribution in [1.82, 2.24) is 5.32 Å². The van der Waals surface area contributed by atoms with Gasteiger partial charge in [0.25, 0.3) is 5.91 Å². The molecule has 0 aliphatic heterocycles. The van der Waals surface area contributed by atoms with Gasteiger partial charge in [0, 0.05) is 17.8 Å². The highest BCUT2D eigenvalue weighted by Crippen LogP contribution is 2.20. The Balaban J connectivity index is 1.95. The number of hydrogen-bond donors (Lipinski definition) is 3. The smallest absolute Gasteiger partial charge is 0.251 e. The molecule has 0 saturated carbocycles. The van der Waals surface area contributed by atoms with Crippen LogP contribution in [0.5, 0.6) is 0 Å². The molecule has 7 heteroatoms. The Labute approximate surface area is 137 Å². The Morgan fingerprint density at radius 3 is 2.57 bits per heavy atom. The topological polar surface area (TPSA) is 78.4 Å². The van der Waals surface area contributed by atoms with Crippen LogP contribution >= 0.6 is 11.6 Å². The first-order chi connectivity index (χ1) is 11.0. The van der Waals surface area contributed by atoms with Crippen molar-refractivity contribution in [2.24, 2.45) is 0 Å². The number of anilines is 1. The van der Waals surface area contributed by atoms with Crippen LogP contribution in [-0.2, 0) is 4.79 Å². The average molecular weight is 337 g/mol. The maximum absolute atomic E-state index is 13.3. The van der Waals surface area contributed by atoms with Crippen LogP contribution < -0.4 is 10.6 Å². The highest BCUT2D eigenvalue weighted by molar-refractivity contribution is 6.30. The molecule has 0 aliphatic rings. The number of halogens is 2. The first-order valence-corrected chi connectivity index (χ1v) is 7.10. The van der Waals surface area contributed by atoms with Crippen molar-refractivity contribution in [3.8, 4) is 0 Å². The zero-order chi connectivity index (χ0) is 16.8. The van der Waals surface area contributed by atoms with E-state index in [0.29, 0.717) is 23.2 Å². The number of amides is 2. The zero-order valence-electron chi connectivity index (χ0n) is 11.9. The number of aliphatic hydroxyl groups is 1. The van der Waals surface area contributed by atoms with Crippen LogP contribution in [0.1, 0.15) is 22.0 Å². The fourth-order valence-corrected chi connectivity index (χ4v) is 2.03. The summed E-state index contributed by atoms with van der Waals surface area (Å²) in [5.74, 6) is -1.02. The molecule has 23 heavy (non-hydrogen) atoms. The van der Waals surface area contributed by atoms with E-state index in [1.54, 1.807) is 12.1 Å². The van der Waals surface area contributed by atoms with E-state index >= 15 is 0 Å². The predicted molar refractivity (Wildman–Crippen MR) is 84.8 cm³/mol. The number of hydrogen-bond acceptors (Lipinski definition) is 3. The third-order valence-electron chi connectivity index (χ3n) is 3.16. The minimum Gasteiger partial charge on any atom is -0.387 e. The number of benzene rings is 2. The summed E-state index contributed by atoms with van der Waals surface area (Å²) in [6, 6.07) is 10.2. The van der Waals surface area contributed by atoms with Gasteiger partial charge >= 0.3 is 0 Å². The summed E-state index contributed by atoms with van der Waals surface area (Å²) in [6.45, 7) is -0.0752. The molecular weight excluding hydrogens is 323 g/mol. The van der Waals surface area contributed by atoms with Crippen LogP contribution in [0.2, 0.25) is 5.02 Å². The molecule has 2 aromatic rings. The monoisotopic (exact) mass is 336 g/mol. The molecule has 2 amide bonds. The van der Waals surface area contributed by atoms with E-state index < -0.39 is 17.8 Å². The second kappa shape index (κ2) is 7.71. The van der Waals surface area contributed by atoms with Crippen LogP contribution in [0, 0.1) is 5.82 Å². The van der Waals surface area contributed by atoms with Crippen molar-refractivity contribution >= 4 is 29.6 Å². The second-order valence-corrected chi connectivity index (χ2v) is 5.15. The lowest BCUT2D eigenvalue weighted by atomic mass is 10.1. The highest BCUT2D eigenvalue weighted by atomic mass is 35.5. The Morgan fingerprint density at radius 2 is 1.96 bits per heavy atom. The van der Waals surface area contributed by atoms with E-state index in [4.69, 9.17) is 11.6 Å². The minimum atomic E-state index is -1.05. The number of carbonyl (C=O) groups is 2. The molecule has 3 N–H and O–H groups in total. The summed E-state index contributed by atoms with van der Waals surface area (Å²) < 4.78 is 13.3. The van der Waals surface area contributed by atoms with Gasteiger partial charge in [0.2, 0.25) is 6.41 Å². The van der Waals surface area contributed by atoms with Crippen LogP contribution in [0.15, 0.2) is 42.5 Å². The Bertz CT molecular complexity index is 707. The van der Waals surface area contributed by atoms with Gasteiger partial charge in [-0.15, -0.1) is 0 Å². The zero-order valence-corrected chi connectivity index (χ0v) is 12.7.